The Morgan fingerprint density at radius 1 is 1.38 bits per heavy atom. The fourth-order valence-electron chi connectivity index (χ4n) is 1.22. The summed E-state index contributed by atoms with van der Waals surface area (Å²) in [6, 6.07) is 3.72. The van der Waals surface area contributed by atoms with Crippen LogP contribution in [0.4, 0.5) is 0 Å². The van der Waals surface area contributed by atoms with Crippen LogP contribution in [0.1, 0.15) is 30.4 Å². The molecule has 0 fully saturated rings. The molecular weight excluding hydrogens is 220 g/mol. The Hall–Kier alpha value is -0.870. The van der Waals surface area contributed by atoms with Gasteiger partial charge < -0.3 is 10.6 Å². The molecule has 0 aliphatic rings. The summed E-state index contributed by atoms with van der Waals surface area (Å²) in [5.41, 5.74) is 0.289. The Kier molecular flexibility index (Phi) is 4.96. The van der Waals surface area contributed by atoms with Gasteiger partial charge in [-0.15, -0.1) is 11.3 Å². The van der Waals surface area contributed by atoms with Crippen molar-refractivity contribution in [1.82, 2.24) is 10.6 Å². The van der Waals surface area contributed by atoms with Gasteiger partial charge in [0.15, 0.2) is 0 Å². The van der Waals surface area contributed by atoms with Gasteiger partial charge in [0.05, 0.1) is 4.88 Å². The molecule has 3 nitrogen and oxygen atoms in total. The first-order valence-electron chi connectivity index (χ1n) is 5.51. The van der Waals surface area contributed by atoms with Crippen LogP contribution in [0.15, 0.2) is 17.5 Å². The van der Waals surface area contributed by atoms with Crippen LogP contribution in [0.3, 0.4) is 0 Å². The minimum absolute atomic E-state index is 0.0209. The molecule has 0 spiro atoms. The summed E-state index contributed by atoms with van der Waals surface area (Å²) in [4.78, 5) is 12.3. The van der Waals surface area contributed by atoms with Crippen molar-refractivity contribution in [1.29, 1.82) is 0 Å². The zero-order chi connectivity index (χ0) is 12.0. The molecule has 90 valence electrons. The topological polar surface area (TPSA) is 41.1 Å². The predicted octanol–water partition coefficient (Wildman–Crippen LogP) is 2.11. The lowest BCUT2D eigenvalue weighted by Crippen LogP contribution is -2.35. The van der Waals surface area contributed by atoms with Crippen LogP contribution in [-0.2, 0) is 0 Å². The zero-order valence-electron chi connectivity index (χ0n) is 10.2. The van der Waals surface area contributed by atoms with E-state index in [2.05, 4.69) is 31.4 Å². The fraction of sp³-hybridized carbons (Fsp3) is 0.583. The maximum Gasteiger partial charge on any atom is 0.261 e. The molecule has 0 radical (unpaired) electrons. The zero-order valence-corrected chi connectivity index (χ0v) is 11.0. The molecule has 1 aromatic heterocycles. The van der Waals surface area contributed by atoms with E-state index in [4.69, 9.17) is 0 Å². The lowest BCUT2D eigenvalue weighted by Gasteiger charge is -2.18. The van der Waals surface area contributed by atoms with Crippen molar-refractivity contribution in [2.45, 2.75) is 20.8 Å². The number of hydrogen-bond donors (Lipinski definition) is 2. The van der Waals surface area contributed by atoms with Crippen LogP contribution in [0, 0.1) is 5.41 Å². The lowest BCUT2D eigenvalue weighted by molar-refractivity contribution is 0.0958. The molecule has 0 aromatic carbocycles. The average Bonchev–Trinajstić information content (AvgIpc) is 2.67. The minimum Gasteiger partial charge on any atom is -0.350 e. The summed E-state index contributed by atoms with van der Waals surface area (Å²) in [5, 5.41) is 8.10. The van der Waals surface area contributed by atoms with Crippen molar-refractivity contribution in [3.05, 3.63) is 22.4 Å². The molecule has 0 atom stereocenters. The van der Waals surface area contributed by atoms with Crippen molar-refractivity contribution in [3.63, 3.8) is 0 Å². The number of thiophene rings is 1. The Balaban J connectivity index is 2.10. The molecule has 0 bridgehead atoms. The molecule has 1 rings (SSSR count). The molecule has 0 aliphatic carbocycles. The smallest absolute Gasteiger partial charge is 0.261 e. The van der Waals surface area contributed by atoms with Crippen molar-refractivity contribution in [2.24, 2.45) is 5.41 Å². The van der Waals surface area contributed by atoms with Gasteiger partial charge in [0.1, 0.15) is 0 Å². The highest BCUT2D eigenvalue weighted by Gasteiger charge is 2.09. The third-order valence-corrected chi connectivity index (χ3v) is 2.86. The van der Waals surface area contributed by atoms with Crippen molar-refractivity contribution >= 4 is 17.2 Å². The standard InChI is InChI=1S/C12H20N2OS/c1-12(2,3)9-13-6-7-14-11(15)10-5-4-8-16-10/h4-5,8,13H,6-7,9H2,1-3H3,(H,14,15). The van der Waals surface area contributed by atoms with E-state index >= 15 is 0 Å². The first kappa shape index (κ1) is 13.2. The summed E-state index contributed by atoms with van der Waals surface area (Å²) in [6.45, 7) is 9.00. The van der Waals surface area contributed by atoms with Crippen LogP contribution in [0.2, 0.25) is 0 Å². The number of rotatable bonds is 5. The van der Waals surface area contributed by atoms with E-state index in [1.807, 2.05) is 17.5 Å². The van der Waals surface area contributed by atoms with E-state index in [1.54, 1.807) is 0 Å². The molecule has 4 heteroatoms. The van der Waals surface area contributed by atoms with Gasteiger partial charge in [0, 0.05) is 19.6 Å². The molecule has 1 amide bonds. The first-order valence-corrected chi connectivity index (χ1v) is 6.39. The third kappa shape index (κ3) is 5.28. The van der Waals surface area contributed by atoms with Gasteiger partial charge in [-0.05, 0) is 16.9 Å². The Morgan fingerprint density at radius 3 is 2.69 bits per heavy atom. The lowest BCUT2D eigenvalue weighted by atomic mass is 9.97. The molecule has 16 heavy (non-hydrogen) atoms. The van der Waals surface area contributed by atoms with E-state index < -0.39 is 0 Å². The second-order valence-electron chi connectivity index (χ2n) is 4.97. The SMILES string of the molecule is CC(C)(C)CNCCNC(=O)c1cccs1. The van der Waals surface area contributed by atoms with E-state index in [9.17, 15) is 4.79 Å². The van der Waals surface area contributed by atoms with E-state index in [0.717, 1.165) is 18.0 Å². The quantitative estimate of drug-likeness (QED) is 0.774. The number of carbonyl (C=O) groups is 1. The molecule has 0 saturated heterocycles. The summed E-state index contributed by atoms with van der Waals surface area (Å²) in [6.07, 6.45) is 0. The summed E-state index contributed by atoms with van der Waals surface area (Å²) in [5.74, 6) is 0.0209. The van der Waals surface area contributed by atoms with Crippen LogP contribution in [0.5, 0.6) is 0 Å². The largest absolute Gasteiger partial charge is 0.350 e. The molecule has 0 saturated carbocycles. The molecule has 1 aromatic rings. The van der Waals surface area contributed by atoms with E-state index in [0.29, 0.717) is 6.54 Å². The minimum atomic E-state index is 0.0209. The number of amides is 1. The highest BCUT2D eigenvalue weighted by atomic mass is 32.1. The Bertz CT molecular complexity index is 314. The van der Waals surface area contributed by atoms with Gasteiger partial charge >= 0.3 is 0 Å². The van der Waals surface area contributed by atoms with Crippen molar-refractivity contribution < 1.29 is 4.79 Å². The average molecular weight is 240 g/mol. The number of hydrogen-bond acceptors (Lipinski definition) is 3. The molecule has 0 aliphatic heterocycles. The number of nitrogens with one attached hydrogen (secondary N) is 2. The highest BCUT2D eigenvalue weighted by molar-refractivity contribution is 7.12. The molecule has 2 N–H and O–H groups in total. The summed E-state index contributed by atoms with van der Waals surface area (Å²) >= 11 is 1.47. The second kappa shape index (κ2) is 6.01. The molecular formula is C12H20N2OS. The second-order valence-corrected chi connectivity index (χ2v) is 5.92. The van der Waals surface area contributed by atoms with Gasteiger partial charge in [-0.3, -0.25) is 4.79 Å². The van der Waals surface area contributed by atoms with Crippen molar-refractivity contribution in [3.8, 4) is 0 Å². The third-order valence-electron chi connectivity index (χ3n) is 1.99. The summed E-state index contributed by atoms with van der Waals surface area (Å²) < 4.78 is 0. The Labute approximate surface area is 101 Å². The van der Waals surface area contributed by atoms with Gasteiger partial charge in [-0.2, -0.15) is 0 Å². The maximum atomic E-state index is 11.5. The molecule has 0 unspecified atom stereocenters. The van der Waals surface area contributed by atoms with Crippen molar-refractivity contribution in [2.75, 3.05) is 19.6 Å². The van der Waals surface area contributed by atoms with Crippen LogP contribution in [0.25, 0.3) is 0 Å². The van der Waals surface area contributed by atoms with Gasteiger partial charge in [0.25, 0.3) is 5.91 Å². The van der Waals surface area contributed by atoms with Crippen LogP contribution in [-0.4, -0.2) is 25.5 Å². The molecule has 1 heterocycles. The predicted molar refractivity (Wildman–Crippen MR) is 69.0 cm³/mol. The monoisotopic (exact) mass is 240 g/mol. The van der Waals surface area contributed by atoms with Crippen LogP contribution < -0.4 is 10.6 Å². The maximum absolute atomic E-state index is 11.5. The van der Waals surface area contributed by atoms with E-state index in [1.165, 1.54) is 11.3 Å². The Morgan fingerprint density at radius 2 is 2.12 bits per heavy atom. The van der Waals surface area contributed by atoms with E-state index in [-0.39, 0.29) is 11.3 Å². The van der Waals surface area contributed by atoms with Crippen LogP contribution >= 0.6 is 11.3 Å². The highest BCUT2D eigenvalue weighted by Crippen LogP contribution is 2.09. The normalized spacial score (nSPS) is 11.4. The first-order chi connectivity index (χ1) is 7.49. The van der Waals surface area contributed by atoms with Gasteiger partial charge in [-0.25, -0.2) is 0 Å². The van der Waals surface area contributed by atoms with Gasteiger partial charge in [0.2, 0.25) is 0 Å². The summed E-state index contributed by atoms with van der Waals surface area (Å²) in [7, 11) is 0. The number of carbonyl (C=O) groups excluding carboxylic acids is 1. The van der Waals surface area contributed by atoms with Gasteiger partial charge in [-0.1, -0.05) is 26.8 Å². The fourth-order valence-corrected chi connectivity index (χ4v) is 1.86.